The summed E-state index contributed by atoms with van der Waals surface area (Å²) in [5.74, 6) is -2.46. The van der Waals surface area contributed by atoms with Crippen LogP contribution in [0.2, 0.25) is 0 Å². The van der Waals surface area contributed by atoms with Crippen molar-refractivity contribution in [3.05, 3.63) is 101 Å². The summed E-state index contributed by atoms with van der Waals surface area (Å²) in [6.45, 7) is 1.42. The van der Waals surface area contributed by atoms with Crippen molar-refractivity contribution in [2.45, 2.75) is 30.2 Å². The molecule has 5 rings (SSSR count). The largest absolute Gasteiger partial charge is 0.337 e. The monoisotopic (exact) mass is 496 g/mol. The van der Waals surface area contributed by atoms with Gasteiger partial charge >= 0.3 is 0 Å². The van der Waals surface area contributed by atoms with Crippen molar-refractivity contribution >= 4 is 15.9 Å². The molecule has 1 fully saturated rings. The summed E-state index contributed by atoms with van der Waals surface area (Å²) in [4.78, 5) is 15.1. The zero-order chi connectivity index (χ0) is 24.6. The Morgan fingerprint density at radius 3 is 2.26 bits per heavy atom. The standard InChI is InChI=1S/C27H26F2N2O3S/c28-25-11-10-22(16-26(25)29)35(33,34)31-14-12-20(13-15-31)27(32)30-17-21-8-4-5-9-23(21)24(18-30)19-6-2-1-3-7-19/h1-11,16,20,24H,12-15,17-18H2. The minimum Gasteiger partial charge on any atom is -0.337 e. The van der Waals surface area contributed by atoms with E-state index >= 15 is 0 Å². The van der Waals surface area contributed by atoms with Gasteiger partial charge in [0.25, 0.3) is 0 Å². The number of carbonyl (C=O) groups is 1. The Morgan fingerprint density at radius 2 is 1.54 bits per heavy atom. The molecule has 35 heavy (non-hydrogen) atoms. The lowest BCUT2D eigenvalue weighted by Gasteiger charge is -2.38. The van der Waals surface area contributed by atoms with Gasteiger partial charge in [-0.2, -0.15) is 4.31 Å². The summed E-state index contributed by atoms with van der Waals surface area (Å²) < 4.78 is 53.9. The molecular formula is C27H26F2N2O3S. The molecule has 0 aliphatic carbocycles. The number of nitrogens with zero attached hydrogens (tertiary/aromatic N) is 2. The number of amides is 1. The van der Waals surface area contributed by atoms with Crippen LogP contribution in [0.1, 0.15) is 35.4 Å². The van der Waals surface area contributed by atoms with Crippen molar-refractivity contribution in [2.24, 2.45) is 5.92 Å². The fourth-order valence-corrected chi connectivity index (χ4v) is 6.62. The van der Waals surface area contributed by atoms with Crippen LogP contribution in [-0.2, 0) is 21.4 Å². The lowest BCUT2D eigenvalue weighted by Crippen LogP contribution is -2.46. The van der Waals surface area contributed by atoms with Gasteiger partial charge in [0, 0.05) is 38.0 Å². The highest BCUT2D eigenvalue weighted by molar-refractivity contribution is 7.89. The van der Waals surface area contributed by atoms with E-state index in [0.29, 0.717) is 32.0 Å². The van der Waals surface area contributed by atoms with Crippen molar-refractivity contribution in [1.82, 2.24) is 9.21 Å². The Morgan fingerprint density at radius 1 is 0.857 bits per heavy atom. The molecule has 0 spiro atoms. The molecule has 3 aromatic carbocycles. The van der Waals surface area contributed by atoms with Crippen molar-refractivity contribution < 1.29 is 22.0 Å². The predicted molar refractivity (Wildman–Crippen MR) is 128 cm³/mol. The SMILES string of the molecule is O=C(C1CCN(S(=O)(=O)c2ccc(F)c(F)c2)CC1)N1Cc2ccccc2C(c2ccccc2)C1. The van der Waals surface area contributed by atoms with Crippen molar-refractivity contribution in [1.29, 1.82) is 0 Å². The molecule has 2 aliphatic heterocycles. The molecule has 0 aromatic heterocycles. The summed E-state index contributed by atoms with van der Waals surface area (Å²) >= 11 is 0. The van der Waals surface area contributed by atoms with E-state index in [-0.39, 0.29) is 35.7 Å². The Kier molecular flexibility index (Phi) is 6.42. The third-order valence-electron chi connectivity index (χ3n) is 7.04. The Balaban J connectivity index is 1.30. The smallest absolute Gasteiger partial charge is 0.243 e. The summed E-state index contributed by atoms with van der Waals surface area (Å²) in [5, 5.41) is 0. The second-order valence-electron chi connectivity index (χ2n) is 9.14. The van der Waals surface area contributed by atoms with Crippen LogP contribution in [0, 0.1) is 17.6 Å². The first-order valence-electron chi connectivity index (χ1n) is 11.7. The van der Waals surface area contributed by atoms with E-state index in [9.17, 15) is 22.0 Å². The zero-order valence-electron chi connectivity index (χ0n) is 19.1. The summed E-state index contributed by atoms with van der Waals surface area (Å²) in [6.07, 6.45) is 0.770. The van der Waals surface area contributed by atoms with Crippen LogP contribution in [0.4, 0.5) is 8.78 Å². The maximum Gasteiger partial charge on any atom is 0.243 e. The van der Waals surface area contributed by atoms with Gasteiger partial charge in [0.05, 0.1) is 4.90 Å². The molecule has 1 saturated heterocycles. The number of rotatable bonds is 4. The molecule has 0 radical (unpaired) electrons. The molecule has 1 unspecified atom stereocenters. The lowest BCUT2D eigenvalue weighted by molar-refractivity contribution is -0.137. The Bertz CT molecular complexity index is 1340. The van der Waals surface area contributed by atoms with Crippen LogP contribution in [-0.4, -0.2) is 43.2 Å². The lowest BCUT2D eigenvalue weighted by atomic mass is 9.84. The molecule has 0 N–H and O–H groups in total. The van der Waals surface area contributed by atoms with Gasteiger partial charge in [-0.05, 0) is 47.7 Å². The number of halogens is 2. The summed E-state index contributed by atoms with van der Waals surface area (Å²) in [7, 11) is -3.96. The van der Waals surface area contributed by atoms with Gasteiger partial charge in [0.15, 0.2) is 11.6 Å². The fourth-order valence-electron chi connectivity index (χ4n) is 5.13. The van der Waals surface area contributed by atoms with Crippen LogP contribution in [0.3, 0.4) is 0 Å². The molecule has 182 valence electrons. The van der Waals surface area contributed by atoms with Gasteiger partial charge in [0.1, 0.15) is 0 Å². The quantitative estimate of drug-likeness (QED) is 0.533. The second-order valence-corrected chi connectivity index (χ2v) is 11.1. The first-order chi connectivity index (χ1) is 16.8. The van der Waals surface area contributed by atoms with Crippen LogP contribution >= 0.6 is 0 Å². The van der Waals surface area contributed by atoms with Crippen molar-refractivity contribution in [3.63, 3.8) is 0 Å². The second kappa shape index (κ2) is 9.51. The van der Waals surface area contributed by atoms with Gasteiger partial charge in [-0.1, -0.05) is 54.6 Å². The minimum atomic E-state index is -3.96. The topological polar surface area (TPSA) is 57.7 Å². The molecule has 8 heteroatoms. The molecule has 2 heterocycles. The van der Waals surface area contributed by atoms with E-state index in [1.54, 1.807) is 0 Å². The molecule has 2 aliphatic rings. The molecule has 1 atom stereocenters. The van der Waals surface area contributed by atoms with E-state index in [1.807, 2.05) is 35.2 Å². The maximum atomic E-state index is 13.6. The van der Waals surface area contributed by atoms with E-state index in [0.717, 1.165) is 23.3 Å². The Hall–Kier alpha value is -3.10. The van der Waals surface area contributed by atoms with Gasteiger partial charge in [-0.25, -0.2) is 17.2 Å². The van der Waals surface area contributed by atoms with Crippen LogP contribution in [0.5, 0.6) is 0 Å². The number of carbonyl (C=O) groups excluding carboxylic acids is 1. The van der Waals surface area contributed by atoms with Gasteiger partial charge < -0.3 is 4.90 Å². The Labute approximate surface area is 204 Å². The normalized spacial score (nSPS) is 19.4. The molecular weight excluding hydrogens is 470 g/mol. The molecule has 1 amide bonds. The number of hydrogen-bond acceptors (Lipinski definition) is 3. The fraction of sp³-hybridized carbons (Fsp3) is 0.296. The van der Waals surface area contributed by atoms with E-state index < -0.39 is 21.7 Å². The van der Waals surface area contributed by atoms with Crippen molar-refractivity contribution in [3.8, 4) is 0 Å². The summed E-state index contributed by atoms with van der Waals surface area (Å²) in [5.41, 5.74) is 3.51. The molecule has 3 aromatic rings. The third-order valence-corrected chi connectivity index (χ3v) is 8.93. The number of piperidine rings is 1. The number of sulfonamides is 1. The average Bonchev–Trinajstić information content (AvgIpc) is 2.89. The van der Waals surface area contributed by atoms with Crippen LogP contribution in [0.25, 0.3) is 0 Å². The number of hydrogen-bond donors (Lipinski definition) is 0. The van der Waals surface area contributed by atoms with Gasteiger partial charge in [-0.15, -0.1) is 0 Å². The minimum absolute atomic E-state index is 0.0327. The van der Waals surface area contributed by atoms with E-state index in [2.05, 4.69) is 24.3 Å². The third kappa shape index (κ3) is 4.60. The average molecular weight is 497 g/mol. The van der Waals surface area contributed by atoms with Gasteiger partial charge in [0.2, 0.25) is 15.9 Å². The molecule has 0 saturated carbocycles. The maximum absolute atomic E-state index is 13.6. The highest BCUT2D eigenvalue weighted by Gasteiger charge is 2.36. The summed E-state index contributed by atoms with van der Waals surface area (Å²) in [6, 6.07) is 20.9. The highest BCUT2D eigenvalue weighted by Crippen LogP contribution is 2.35. The first-order valence-corrected chi connectivity index (χ1v) is 13.2. The number of fused-ring (bicyclic) bond motifs is 1. The van der Waals surface area contributed by atoms with Crippen molar-refractivity contribution in [2.75, 3.05) is 19.6 Å². The predicted octanol–water partition coefficient (Wildman–Crippen LogP) is 4.54. The first kappa shape index (κ1) is 23.6. The van der Waals surface area contributed by atoms with Crippen LogP contribution < -0.4 is 0 Å². The van der Waals surface area contributed by atoms with E-state index in [4.69, 9.17) is 0 Å². The van der Waals surface area contributed by atoms with Gasteiger partial charge in [-0.3, -0.25) is 4.79 Å². The zero-order valence-corrected chi connectivity index (χ0v) is 19.9. The molecule has 5 nitrogen and oxygen atoms in total. The molecule has 0 bridgehead atoms. The van der Waals surface area contributed by atoms with E-state index in [1.165, 1.54) is 9.87 Å². The van der Waals surface area contributed by atoms with Crippen LogP contribution in [0.15, 0.2) is 77.7 Å². The number of benzene rings is 3. The highest BCUT2D eigenvalue weighted by atomic mass is 32.2.